The van der Waals surface area contributed by atoms with Crippen molar-refractivity contribution in [1.82, 2.24) is 4.98 Å². The molecule has 0 aliphatic rings. The molecule has 0 fully saturated rings. The van der Waals surface area contributed by atoms with E-state index in [1.165, 1.54) is 12.3 Å². The van der Waals surface area contributed by atoms with Gasteiger partial charge in [0, 0.05) is 22.6 Å². The van der Waals surface area contributed by atoms with Gasteiger partial charge < -0.3 is 5.32 Å². The number of amides is 1. The van der Waals surface area contributed by atoms with Gasteiger partial charge in [-0.25, -0.2) is 12.8 Å². The van der Waals surface area contributed by atoms with Crippen LogP contribution in [0.3, 0.4) is 0 Å². The van der Waals surface area contributed by atoms with Crippen molar-refractivity contribution in [2.75, 3.05) is 5.32 Å². The number of rotatable bonds is 3. The van der Waals surface area contributed by atoms with E-state index in [4.69, 9.17) is 10.7 Å². The average molecular weight is 329 g/mol. The van der Waals surface area contributed by atoms with Crippen molar-refractivity contribution in [2.24, 2.45) is 0 Å². The minimum absolute atomic E-state index is 0.103. The van der Waals surface area contributed by atoms with E-state index >= 15 is 0 Å². The molecule has 0 saturated heterocycles. The minimum Gasteiger partial charge on any atom is -0.321 e. The number of hydrogen-bond donors (Lipinski definition) is 1. The molecule has 2 aromatic rings. The van der Waals surface area contributed by atoms with E-state index in [1.807, 2.05) is 0 Å². The molecule has 0 radical (unpaired) electrons. The quantitative estimate of drug-likeness (QED) is 0.879. The second-order valence-electron chi connectivity index (χ2n) is 4.21. The van der Waals surface area contributed by atoms with E-state index in [1.54, 1.807) is 19.1 Å². The maximum absolute atomic E-state index is 13.6. The Morgan fingerprint density at radius 2 is 2.05 bits per heavy atom. The van der Waals surface area contributed by atoms with Gasteiger partial charge in [-0.15, -0.1) is 0 Å². The molecular formula is C13H10ClFN2O3S. The van der Waals surface area contributed by atoms with Crippen LogP contribution in [0.2, 0.25) is 0 Å². The van der Waals surface area contributed by atoms with Crippen LogP contribution in [0.1, 0.15) is 16.1 Å². The van der Waals surface area contributed by atoms with Gasteiger partial charge >= 0.3 is 0 Å². The zero-order chi connectivity index (χ0) is 15.6. The van der Waals surface area contributed by atoms with Crippen LogP contribution >= 0.6 is 10.7 Å². The summed E-state index contributed by atoms with van der Waals surface area (Å²) >= 11 is 0. The predicted octanol–water partition coefficient (Wildman–Crippen LogP) is 2.71. The molecule has 0 spiro atoms. The van der Waals surface area contributed by atoms with Gasteiger partial charge in [-0.2, -0.15) is 0 Å². The summed E-state index contributed by atoms with van der Waals surface area (Å²) in [6, 6.07) is 6.51. The molecule has 1 amide bonds. The van der Waals surface area contributed by atoms with E-state index in [2.05, 4.69) is 10.3 Å². The molecule has 1 N–H and O–H groups in total. The molecular weight excluding hydrogens is 319 g/mol. The second-order valence-corrected chi connectivity index (χ2v) is 6.74. The second kappa shape index (κ2) is 5.79. The lowest BCUT2D eigenvalue weighted by Gasteiger charge is -2.07. The summed E-state index contributed by atoms with van der Waals surface area (Å²) < 4.78 is 35.8. The lowest BCUT2D eigenvalue weighted by Crippen LogP contribution is -2.15. The highest BCUT2D eigenvalue weighted by atomic mass is 35.7. The highest BCUT2D eigenvalue weighted by molar-refractivity contribution is 8.13. The molecule has 0 aliphatic heterocycles. The number of nitrogens with zero attached hydrogens (tertiary/aromatic N) is 1. The monoisotopic (exact) mass is 328 g/mol. The number of benzene rings is 1. The van der Waals surface area contributed by atoms with Gasteiger partial charge in [0.15, 0.2) is 0 Å². The Balaban J connectivity index is 2.27. The molecule has 0 saturated carbocycles. The molecule has 21 heavy (non-hydrogen) atoms. The van der Waals surface area contributed by atoms with Gasteiger partial charge in [-0.3, -0.25) is 9.78 Å². The zero-order valence-electron chi connectivity index (χ0n) is 10.8. The number of aryl methyl sites for hydroxylation is 1. The predicted molar refractivity (Wildman–Crippen MR) is 76.4 cm³/mol. The van der Waals surface area contributed by atoms with Gasteiger partial charge in [-0.1, -0.05) is 6.07 Å². The Labute approximate surface area is 125 Å². The molecule has 2 rings (SSSR count). The van der Waals surface area contributed by atoms with Crippen molar-refractivity contribution in [3.63, 3.8) is 0 Å². The fourth-order valence-corrected chi connectivity index (χ4v) is 2.59. The molecule has 1 heterocycles. The van der Waals surface area contributed by atoms with E-state index in [0.29, 0.717) is 5.56 Å². The van der Waals surface area contributed by atoms with Crippen molar-refractivity contribution in [3.8, 4) is 0 Å². The first-order valence-electron chi connectivity index (χ1n) is 5.76. The zero-order valence-corrected chi connectivity index (χ0v) is 12.4. The van der Waals surface area contributed by atoms with Gasteiger partial charge in [0.1, 0.15) is 16.4 Å². The van der Waals surface area contributed by atoms with Crippen LogP contribution in [0.25, 0.3) is 0 Å². The molecule has 1 aromatic carbocycles. The van der Waals surface area contributed by atoms with Crippen molar-refractivity contribution in [3.05, 3.63) is 53.6 Å². The Bertz CT molecular complexity index is 809. The summed E-state index contributed by atoms with van der Waals surface area (Å²) in [6.07, 6.45) is 1.46. The first-order chi connectivity index (χ1) is 9.79. The number of halogens is 2. The van der Waals surface area contributed by atoms with Crippen LogP contribution in [0.4, 0.5) is 10.1 Å². The maximum atomic E-state index is 13.6. The average Bonchev–Trinajstić information content (AvgIpc) is 2.37. The van der Waals surface area contributed by atoms with Gasteiger partial charge in [-0.05, 0) is 36.8 Å². The maximum Gasteiger partial charge on any atom is 0.274 e. The summed E-state index contributed by atoms with van der Waals surface area (Å²) in [6.45, 7) is 1.71. The normalized spacial score (nSPS) is 11.2. The number of pyridine rings is 1. The lowest BCUT2D eigenvalue weighted by atomic mass is 10.2. The summed E-state index contributed by atoms with van der Waals surface area (Å²) in [5, 5.41) is 2.44. The smallest absolute Gasteiger partial charge is 0.274 e. The number of nitrogens with one attached hydrogen (secondary N) is 1. The number of hydrogen-bond acceptors (Lipinski definition) is 4. The molecule has 110 valence electrons. The van der Waals surface area contributed by atoms with E-state index in [9.17, 15) is 17.6 Å². The van der Waals surface area contributed by atoms with Crippen LogP contribution in [-0.2, 0) is 9.05 Å². The third-order valence-electron chi connectivity index (χ3n) is 2.68. The number of anilines is 1. The first kappa shape index (κ1) is 15.4. The van der Waals surface area contributed by atoms with Crippen LogP contribution < -0.4 is 5.32 Å². The van der Waals surface area contributed by atoms with Gasteiger partial charge in [0.2, 0.25) is 0 Å². The molecule has 1 aromatic heterocycles. The van der Waals surface area contributed by atoms with Crippen LogP contribution in [-0.4, -0.2) is 19.3 Å². The molecule has 0 atom stereocenters. The molecule has 0 aliphatic carbocycles. The Morgan fingerprint density at radius 3 is 2.62 bits per heavy atom. The lowest BCUT2D eigenvalue weighted by molar-refractivity contribution is 0.102. The molecule has 8 heteroatoms. The number of carbonyl (C=O) groups is 1. The van der Waals surface area contributed by atoms with Crippen LogP contribution in [0.15, 0.2) is 41.4 Å². The highest BCUT2D eigenvalue weighted by Gasteiger charge is 2.17. The fourth-order valence-electron chi connectivity index (χ4n) is 1.69. The van der Waals surface area contributed by atoms with Gasteiger partial charge in [0.05, 0.1) is 0 Å². The largest absolute Gasteiger partial charge is 0.321 e. The van der Waals surface area contributed by atoms with Crippen molar-refractivity contribution < 1.29 is 17.6 Å². The summed E-state index contributed by atoms with van der Waals surface area (Å²) in [5.41, 5.74) is 0.967. The van der Waals surface area contributed by atoms with Crippen molar-refractivity contribution >= 4 is 31.3 Å². The van der Waals surface area contributed by atoms with Gasteiger partial charge in [0.25, 0.3) is 15.0 Å². The van der Waals surface area contributed by atoms with Crippen molar-refractivity contribution in [2.45, 2.75) is 11.8 Å². The Kier molecular flexibility index (Phi) is 4.24. The van der Waals surface area contributed by atoms with E-state index in [0.717, 1.165) is 12.1 Å². The molecule has 0 unspecified atom stereocenters. The first-order valence-corrected chi connectivity index (χ1v) is 8.07. The molecule has 5 nitrogen and oxygen atoms in total. The SMILES string of the molecule is Cc1cccnc1C(=O)Nc1ccc(S(=O)(=O)Cl)c(F)c1. The minimum atomic E-state index is -4.17. The number of aromatic nitrogens is 1. The van der Waals surface area contributed by atoms with E-state index < -0.39 is 25.7 Å². The highest BCUT2D eigenvalue weighted by Crippen LogP contribution is 2.22. The number of carbonyl (C=O) groups excluding carboxylic acids is 1. The molecule has 0 bridgehead atoms. The third kappa shape index (κ3) is 3.56. The fraction of sp³-hybridized carbons (Fsp3) is 0.0769. The summed E-state index contributed by atoms with van der Waals surface area (Å²) in [5.74, 6) is -1.56. The van der Waals surface area contributed by atoms with E-state index in [-0.39, 0.29) is 11.4 Å². The Morgan fingerprint density at radius 1 is 1.33 bits per heavy atom. The Hall–Kier alpha value is -1.99. The van der Waals surface area contributed by atoms with Crippen LogP contribution in [0, 0.1) is 12.7 Å². The standard InChI is InChI=1S/C13H10ClFN2O3S/c1-8-3-2-6-16-12(8)13(18)17-9-4-5-11(10(15)7-9)21(14,19)20/h2-7H,1H3,(H,17,18). The summed E-state index contributed by atoms with van der Waals surface area (Å²) in [7, 11) is 0.908. The van der Waals surface area contributed by atoms with Crippen LogP contribution in [0.5, 0.6) is 0 Å². The summed E-state index contributed by atoms with van der Waals surface area (Å²) in [4.78, 5) is 15.3. The topological polar surface area (TPSA) is 76.1 Å². The third-order valence-corrected chi connectivity index (χ3v) is 4.03. The van der Waals surface area contributed by atoms with Crippen molar-refractivity contribution in [1.29, 1.82) is 0 Å².